The molecule has 8 heteroatoms. The van der Waals surface area contributed by atoms with Crippen LogP contribution < -0.4 is 10.6 Å². The normalized spacial score (nSPS) is 28.4. The van der Waals surface area contributed by atoms with E-state index in [1.807, 2.05) is 56.6 Å². The second-order valence-corrected chi connectivity index (χ2v) is 16.8. The Morgan fingerprint density at radius 2 is 1.77 bits per heavy atom. The van der Waals surface area contributed by atoms with Gasteiger partial charge in [0.15, 0.2) is 0 Å². The largest absolute Gasteiger partial charge is 0.393 e. The second kappa shape index (κ2) is 14.0. The summed E-state index contributed by atoms with van der Waals surface area (Å²) in [7, 11) is 4.06. The Labute approximate surface area is 282 Å². The first-order valence-electron chi connectivity index (χ1n) is 17.6. The Balaban J connectivity index is 1.28. The van der Waals surface area contributed by atoms with Gasteiger partial charge in [-0.15, -0.1) is 0 Å². The van der Waals surface area contributed by atoms with Gasteiger partial charge in [-0.2, -0.15) is 5.06 Å². The molecule has 1 saturated heterocycles. The number of nitrogens with zero attached hydrogens (tertiary/aromatic N) is 2. The fourth-order valence-corrected chi connectivity index (χ4v) is 8.53. The van der Waals surface area contributed by atoms with E-state index in [2.05, 4.69) is 63.1 Å². The third kappa shape index (κ3) is 8.10. The van der Waals surface area contributed by atoms with Crippen LogP contribution in [0.2, 0.25) is 0 Å². The molecule has 3 saturated carbocycles. The number of aliphatic hydroxyl groups is 1. The maximum atomic E-state index is 13.9. The Morgan fingerprint density at radius 3 is 2.38 bits per heavy atom. The van der Waals surface area contributed by atoms with Gasteiger partial charge in [0.2, 0.25) is 5.91 Å². The topological polar surface area (TPSA) is 94.1 Å². The van der Waals surface area contributed by atoms with Crippen molar-refractivity contribution in [3.8, 4) is 11.1 Å². The summed E-state index contributed by atoms with van der Waals surface area (Å²) in [5, 5.41) is 19.0. The molecule has 3 aliphatic carbocycles. The quantitative estimate of drug-likeness (QED) is 0.288. The van der Waals surface area contributed by atoms with Crippen LogP contribution in [0.3, 0.4) is 0 Å². The minimum Gasteiger partial charge on any atom is -0.393 e. The molecule has 8 nitrogen and oxygen atoms in total. The zero-order valence-corrected chi connectivity index (χ0v) is 30.0. The summed E-state index contributed by atoms with van der Waals surface area (Å²) in [6.45, 7) is 16.8. The van der Waals surface area contributed by atoms with E-state index in [1.54, 1.807) is 12.0 Å². The van der Waals surface area contributed by atoms with E-state index in [0.29, 0.717) is 41.9 Å². The molecule has 4 aliphatic rings. The number of hydrogen-bond acceptors (Lipinski definition) is 6. The summed E-state index contributed by atoms with van der Waals surface area (Å²) in [6.07, 6.45) is 2.47. The van der Waals surface area contributed by atoms with Gasteiger partial charge in [0.05, 0.1) is 19.3 Å². The van der Waals surface area contributed by atoms with E-state index in [-0.39, 0.29) is 35.2 Å². The molecule has 0 radical (unpaired) electrons. The van der Waals surface area contributed by atoms with Gasteiger partial charge in [-0.3, -0.25) is 14.4 Å². The van der Waals surface area contributed by atoms with E-state index < -0.39 is 12.1 Å². The zero-order chi connectivity index (χ0) is 34.3. The molecule has 0 aromatic heterocycles. The molecule has 2 bridgehead atoms. The summed E-state index contributed by atoms with van der Waals surface area (Å²) in [5.41, 5.74) is 4.00. The van der Waals surface area contributed by atoms with Crippen LogP contribution in [-0.2, 0) is 16.2 Å². The molecular weight excluding hydrogens is 588 g/mol. The number of nitrogens with one attached hydrogen (secondary N) is 2. The summed E-state index contributed by atoms with van der Waals surface area (Å²) >= 11 is 0. The molecule has 3 N–H and O–H groups in total. The SMILES string of the molecule is C[C@@H]1[C@@H](NC(=O)[C@@H]2[C@H]([C@H](C)O)CON2Cc2cccc(-c3cccc(C(=O)N[C@H](CN(C)C)CC(C)(C)C)c3)c2)C[C@H]2C[C@@H]1C2(C)C. The molecule has 6 rings (SSSR count). The highest BCUT2D eigenvalue weighted by Gasteiger charge is 2.57. The van der Waals surface area contributed by atoms with Crippen molar-refractivity contribution in [3.05, 3.63) is 59.7 Å². The molecule has 47 heavy (non-hydrogen) atoms. The number of hydrogen-bond donors (Lipinski definition) is 3. The zero-order valence-electron chi connectivity index (χ0n) is 30.0. The number of amides is 2. The van der Waals surface area contributed by atoms with Gasteiger partial charge < -0.3 is 20.6 Å². The standard InChI is InChI=1S/C39H58N4O4/c1-24-33-18-30(39(33,6)7)19-34(24)41-37(46)35-32(25(2)44)23-47-43(35)21-26-12-10-13-27(16-26)28-14-11-15-29(17-28)36(45)40-31(22-42(8)9)20-38(3,4)5/h10-17,24-25,30-35,44H,18-23H2,1-9H3,(H,40,45)(H,41,46)/t24-,25-,30+,31-,32-,33-,34-,35-/m0/s1. The number of hydroxylamine groups is 2. The first kappa shape index (κ1) is 35.5. The number of rotatable bonds is 11. The van der Waals surface area contributed by atoms with Crippen molar-refractivity contribution >= 4 is 11.8 Å². The molecule has 8 atom stereocenters. The van der Waals surface area contributed by atoms with Gasteiger partial charge >= 0.3 is 0 Å². The molecule has 4 fully saturated rings. The lowest BCUT2D eigenvalue weighted by Crippen LogP contribution is -2.62. The number of aliphatic hydroxyl groups excluding tert-OH is 1. The average molecular weight is 647 g/mol. The van der Waals surface area contributed by atoms with E-state index >= 15 is 0 Å². The minimum absolute atomic E-state index is 0.0411. The minimum atomic E-state index is -0.673. The monoisotopic (exact) mass is 646 g/mol. The van der Waals surface area contributed by atoms with Crippen molar-refractivity contribution in [1.82, 2.24) is 20.6 Å². The fraction of sp³-hybridized carbons (Fsp3) is 0.641. The molecule has 2 aromatic carbocycles. The molecule has 1 aliphatic heterocycles. The maximum absolute atomic E-state index is 13.9. The lowest BCUT2D eigenvalue weighted by molar-refractivity contribution is -0.161. The van der Waals surface area contributed by atoms with Crippen molar-refractivity contribution in [3.63, 3.8) is 0 Å². The van der Waals surface area contributed by atoms with E-state index in [0.717, 1.165) is 36.1 Å². The number of likely N-dealkylation sites (N-methyl/N-ethyl adjacent to an activating group) is 1. The molecule has 1 heterocycles. The van der Waals surface area contributed by atoms with Gasteiger partial charge in [0.1, 0.15) is 6.04 Å². The van der Waals surface area contributed by atoms with Crippen LogP contribution in [0.15, 0.2) is 48.5 Å². The van der Waals surface area contributed by atoms with Crippen molar-refractivity contribution < 1.29 is 19.5 Å². The average Bonchev–Trinajstić information content (AvgIpc) is 3.40. The van der Waals surface area contributed by atoms with Crippen LogP contribution in [0, 0.1) is 34.5 Å². The smallest absolute Gasteiger partial charge is 0.251 e. The number of carbonyl (C=O) groups is 2. The Morgan fingerprint density at radius 1 is 1.09 bits per heavy atom. The van der Waals surface area contributed by atoms with Crippen LogP contribution in [0.4, 0.5) is 0 Å². The first-order valence-corrected chi connectivity index (χ1v) is 17.6. The first-order chi connectivity index (χ1) is 22.0. The summed E-state index contributed by atoms with van der Waals surface area (Å²) in [6, 6.07) is 15.5. The van der Waals surface area contributed by atoms with Crippen LogP contribution in [-0.4, -0.2) is 78.4 Å². The molecule has 258 valence electrons. The van der Waals surface area contributed by atoms with Gasteiger partial charge in [0, 0.05) is 30.1 Å². The Hall–Kier alpha value is -2.78. The van der Waals surface area contributed by atoms with Crippen molar-refractivity contribution in [1.29, 1.82) is 0 Å². The van der Waals surface area contributed by atoms with Crippen LogP contribution in [0.5, 0.6) is 0 Å². The number of benzene rings is 2. The fourth-order valence-electron chi connectivity index (χ4n) is 8.53. The van der Waals surface area contributed by atoms with Crippen molar-refractivity contribution in [2.45, 2.75) is 98.5 Å². The van der Waals surface area contributed by atoms with Gasteiger partial charge in [-0.1, -0.05) is 71.9 Å². The van der Waals surface area contributed by atoms with Gasteiger partial charge in [-0.05, 0) is 104 Å². The van der Waals surface area contributed by atoms with Gasteiger partial charge in [-0.25, -0.2) is 0 Å². The van der Waals surface area contributed by atoms with E-state index in [4.69, 9.17) is 4.84 Å². The molecule has 0 spiro atoms. The Bertz CT molecular complexity index is 1420. The predicted molar refractivity (Wildman–Crippen MR) is 187 cm³/mol. The lowest BCUT2D eigenvalue weighted by atomic mass is 9.45. The van der Waals surface area contributed by atoms with Crippen molar-refractivity contribution in [2.24, 2.45) is 34.5 Å². The van der Waals surface area contributed by atoms with Crippen molar-refractivity contribution in [2.75, 3.05) is 27.2 Å². The highest BCUT2D eigenvalue weighted by atomic mass is 16.7. The Kier molecular flexibility index (Phi) is 10.6. The molecule has 2 aromatic rings. The highest BCUT2D eigenvalue weighted by Crippen LogP contribution is 2.61. The second-order valence-electron chi connectivity index (χ2n) is 16.8. The summed E-state index contributed by atoms with van der Waals surface area (Å²) < 4.78 is 0. The van der Waals surface area contributed by atoms with Crippen LogP contribution >= 0.6 is 0 Å². The third-order valence-corrected chi connectivity index (χ3v) is 11.2. The van der Waals surface area contributed by atoms with E-state index in [1.165, 1.54) is 6.42 Å². The molecule has 2 amide bonds. The van der Waals surface area contributed by atoms with Gasteiger partial charge in [0.25, 0.3) is 5.91 Å². The summed E-state index contributed by atoms with van der Waals surface area (Å²) in [5.74, 6) is 1.26. The maximum Gasteiger partial charge on any atom is 0.251 e. The van der Waals surface area contributed by atoms with Crippen LogP contribution in [0.1, 0.15) is 83.7 Å². The van der Waals surface area contributed by atoms with E-state index in [9.17, 15) is 14.7 Å². The lowest BCUT2D eigenvalue weighted by Gasteiger charge is -2.62. The van der Waals surface area contributed by atoms with Crippen LogP contribution in [0.25, 0.3) is 11.1 Å². The molecule has 0 unspecified atom stereocenters. The number of carbonyl (C=O) groups excluding carboxylic acids is 2. The third-order valence-electron chi connectivity index (χ3n) is 11.2. The molecular formula is C39H58N4O4. The highest BCUT2D eigenvalue weighted by molar-refractivity contribution is 5.95. The predicted octanol–water partition coefficient (Wildman–Crippen LogP) is 5.75. The number of fused-ring (bicyclic) bond motifs is 2. The summed E-state index contributed by atoms with van der Waals surface area (Å²) in [4.78, 5) is 35.5.